The van der Waals surface area contributed by atoms with Gasteiger partial charge in [-0.05, 0) is 57.8 Å². The van der Waals surface area contributed by atoms with Gasteiger partial charge in [-0.15, -0.1) is 0 Å². The van der Waals surface area contributed by atoms with E-state index in [2.05, 4.69) is 57.2 Å². The Hall–Kier alpha value is -2.37. The molecule has 0 aromatic rings. The van der Waals surface area contributed by atoms with Gasteiger partial charge in [0.25, 0.3) is 0 Å². The van der Waals surface area contributed by atoms with Gasteiger partial charge < -0.3 is 14.2 Å². The third-order valence-corrected chi connectivity index (χ3v) is 15.6. The van der Waals surface area contributed by atoms with Crippen molar-refractivity contribution in [2.45, 2.75) is 386 Å². The maximum atomic E-state index is 12.9. The van der Waals surface area contributed by atoms with Crippen molar-refractivity contribution in [3.8, 4) is 0 Å². The molecule has 452 valence electrons. The summed E-state index contributed by atoms with van der Waals surface area (Å²) in [4.78, 5) is 38.3. The van der Waals surface area contributed by atoms with Crippen molar-refractivity contribution >= 4 is 17.9 Å². The molecular formula is C71H132O6. The van der Waals surface area contributed by atoms with Crippen LogP contribution in [0.1, 0.15) is 380 Å². The molecule has 0 aliphatic heterocycles. The van der Waals surface area contributed by atoms with Crippen molar-refractivity contribution in [1.29, 1.82) is 0 Å². The monoisotopic (exact) mass is 1080 g/mol. The molecule has 0 bridgehead atoms. The lowest BCUT2D eigenvalue weighted by atomic mass is 10.0. The fourth-order valence-electron chi connectivity index (χ4n) is 10.5. The Morgan fingerprint density at radius 1 is 0.260 bits per heavy atom. The molecule has 6 heteroatoms. The zero-order valence-corrected chi connectivity index (χ0v) is 52.0. The lowest BCUT2D eigenvalue weighted by Gasteiger charge is -2.18. The molecule has 0 spiro atoms. The number of unbranched alkanes of at least 4 members (excludes halogenated alkanes) is 47. The molecule has 0 radical (unpaired) electrons. The van der Waals surface area contributed by atoms with Crippen molar-refractivity contribution in [3.63, 3.8) is 0 Å². The highest BCUT2D eigenvalue weighted by molar-refractivity contribution is 5.71. The van der Waals surface area contributed by atoms with Crippen LogP contribution in [0.3, 0.4) is 0 Å². The Bertz CT molecular complexity index is 1290. The minimum absolute atomic E-state index is 0.0698. The first kappa shape index (κ1) is 74.6. The molecule has 0 aliphatic carbocycles. The number of ether oxygens (including phenoxy) is 3. The molecular weight excluding hydrogens is 949 g/mol. The van der Waals surface area contributed by atoms with E-state index in [1.54, 1.807) is 0 Å². The number of esters is 3. The highest BCUT2D eigenvalue weighted by Crippen LogP contribution is 2.18. The van der Waals surface area contributed by atoms with Gasteiger partial charge in [0.1, 0.15) is 13.2 Å². The van der Waals surface area contributed by atoms with Crippen LogP contribution in [0.4, 0.5) is 0 Å². The first-order chi connectivity index (χ1) is 38.0. The van der Waals surface area contributed by atoms with Gasteiger partial charge in [0.2, 0.25) is 0 Å². The Morgan fingerprint density at radius 3 is 0.727 bits per heavy atom. The first-order valence-electron chi connectivity index (χ1n) is 34.5. The van der Waals surface area contributed by atoms with E-state index in [0.29, 0.717) is 19.3 Å². The van der Waals surface area contributed by atoms with Crippen LogP contribution < -0.4 is 0 Å². The Kier molecular flexibility index (Phi) is 64.1. The van der Waals surface area contributed by atoms with Gasteiger partial charge >= 0.3 is 17.9 Å². The van der Waals surface area contributed by atoms with Crippen LogP contribution in [0.25, 0.3) is 0 Å². The Balaban J connectivity index is 4.17. The summed E-state index contributed by atoms with van der Waals surface area (Å²) in [6.07, 6.45) is 81.8. The van der Waals surface area contributed by atoms with E-state index in [-0.39, 0.29) is 31.1 Å². The second-order valence-corrected chi connectivity index (χ2v) is 23.5. The minimum Gasteiger partial charge on any atom is -0.462 e. The Morgan fingerprint density at radius 2 is 0.468 bits per heavy atom. The maximum Gasteiger partial charge on any atom is 0.306 e. The Labute approximate surface area is 480 Å². The average molecular weight is 1080 g/mol. The van der Waals surface area contributed by atoms with Crippen LogP contribution in [-0.2, 0) is 28.6 Å². The molecule has 0 aromatic heterocycles. The highest BCUT2D eigenvalue weighted by atomic mass is 16.6. The summed E-state index contributed by atoms with van der Waals surface area (Å²) in [5.74, 6) is -0.853. The number of carbonyl (C=O) groups excluding carboxylic acids is 3. The minimum atomic E-state index is -0.773. The van der Waals surface area contributed by atoms with Crippen LogP contribution in [0.2, 0.25) is 0 Å². The predicted molar refractivity (Wildman–Crippen MR) is 335 cm³/mol. The summed E-state index contributed by atoms with van der Waals surface area (Å²) in [7, 11) is 0. The number of hydrogen-bond acceptors (Lipinski definition) is 6. The quantitative estimate of drug-likeness (QED) is 0.0261. The molecule has 0 N–H and O–H groups in total. The molecule has 1 unspecified atom stereocenters. The SMILES string of the molecule is CCCCCCC/C=C\C/C=C\C/C=C\CCCCCCCCCCC(=O)OC(COC(=O)CCCCCCCCCCCC)COC(=O)CCCCCCCCCCCCCCCCCCCCCCCCCCCC. The summed E-state index contributed by atoms with van der Waals surface area (Å²) in [6, 6.07) is 0. The zero-order chi connectivity index (χ0) is 55.7. The van der Waals surface area contributed by atoms with Crippen molar-refractivity contribution in [3.05, 3.63) is 36.5 Å². The van der Waals surface area contributed by atoms with Crippen molar-refractivity contribution < 1.29 is 28.6 Å². The van der Waals surface area contributed by atoms with Gasteiger partial charge in [0, 0.05) is 19.3 Å². The molecule has 0 aliphatic rings. The van der Waals surface area contributed by atoms with Crippen LogP contribution in [0.15, 0.2) is 36.5 Å². The molecule has 0 saturated heterocycles. The van der Waals surface area contributed by atoms with Gasteiger partial charge in [-0.1, -0.05) is 340 Å². The smallest absolute Gasteiger partial charge is 0.306 e. The van der Waals surface area contributed by atoms with Gasteiger partial charge in [0.15, 0.2) is 6.10 Å². The van der Waals surface area contributed by atoms with Gasteiger partial charge in [-0.2, -0.15) is 0 Å². The summed E-state index contributed by atoms with van der Waals surface area (Å²) >= 11 is 0. The molecule has 0 rings (SSSR count). The lowest BCUT2D eigenvalue weighted by molar-refractivity contribution is -0.167. The summed E-state index contributed by atoms with van der Waals surface area (Å²) in [5.41, 5.74) is 0. The molecule has 0 saturated carbocycles. The molecule has 0 fully saturated rings. The van der Waals surface area contributed by atoms with Crippen molar-refractivity contribution in [1.82, 2.24) is 0 Å². The largest absolute Gasteiger partial charge is 0.462 e. The topological polar surface area (TPSA) is 78.9 Å². The zero-order valence-electron chi connectivity index (χ0n) is 52.0. The second kappa shape index (κ2) is 66.1. The number of carbonyl (C=O) groups is 3. The fraction of sp³-hybridized carbons (Fsp3) is 0.873. The van der Waals surface area contributed by atoms with E-state index >= 15 is 0 Å². The van der Waals surface area contributed by atoms with Gasteiger partial charge in [0.05, 0.1) is 0 Å². The van der Waals surface area contributed by atoms with E-state index in [0.717, 1.165) is 77.0 Å². The highest BCUT2D eigenvalue weighted by Gasteiger charge is 2.19. The first-order valence-corrected chi connectivity index (χ1v) is 34.5. The van der Waals surface area contributed by atoms with E-state index < -0.39 is 6.10 Å². The summed E-state index contributed by atoms with van der Waals surface area (Å²) < 4.78 is 16.9. The summed E-state index contributed by atoms with van der Waals surface area (Å²) in [5, 5.41) is 0. The fourth-order valence-corrected chi connectivity index (χ4v) is 10.5. The van der Waals surface area contributed by atoms with E-state index in [4.69, 9.17) is 14.2 Å². The standard InChI is InChI=1S/C71H132O6/c1-4-7-10-13-16-19-22-24-26-28-30-32-34-35-36-38-39-41-43-45-47-49-52-55-58-61-64-70(73)76-67-68(66-75-69(72)63-60-57-54-51-21-18-15-12-9-6-3)77-71(74)65-62-59-56-53-50-48-46-44-42-40-37-33-31-29-27-25-23-20-17-14-11-8-5-2/h23,25,29,31,37,40,68H,4-22,24,26-28,30,32-36,38-39,41-67H2,1-3H3/b25-23-,31-29-,40-37-. The molecule has 77 heavy (non-hydrogen) atoms. The molecule has 1 atom stereocenters. The molecule has 0 aromatic carbocycles. The predicted octanol–water partition coefficient (Wildman–Crippen LogP) is 23.6. The molecule has 0 amide bonds. The van der Waals surface area contributed by atoms with Crippen molar-refractivity contribution in [2.24, 2.45) is 0 Å². The van der Waals surface area contributed by atoms with Crippen molar-refractivity contribution in [2.75, 3.05) is 13.2 Å². The number of hydrogen-bond donors (Lipinski definition) is 0. The van der Waals surface area contributed by atoms with Gasteiger partial charge in [-0.25, -0.2) is 0 Å². The summed E-state index contributed by atoms with van der Waals surface area (Å²) in [6.45, 7) is 6.68. The molecule has 6 nitrogen and oxygen atoms in total. The van der Waals surface area contributed by atoms with Crippen LogP contribution in [0.5, 0.6) is 0 Å². The van der Waals surface area contributed by atoms with Gasteiger partial charge in [-0.3, -0.25) is 14.4 Å². The third-order valence-electron chi connectivity index (χ3n) is 15.6. The number of rotatable bonds is 64. The average Bonchev–Trinajstić information content (AvgIpc) is 3.43. The molecule has 0 heterocycles. The second-order valence-electron chi connectivity index (χ2n) is 23.5. The maximum absolute atomic E-state index is 12.9. The van der Waals surface area contributed by atoms with E-state index in [9.17, 15) is 14.4 Å². The lowest BCUT2D eigenvalue weighted by Crippen LogP contribution is -2.30. The number of allylic oxidation sites excluding steroid dienone is 6. The van der Waals surface area contributed by atoms with Crippen LogP contribution >= 0.6 is 0 Å². The third kappa shape index (κ3) is 64.3. The van der Waals surface area contributed by atoms with E-state index in [1.807, 2.05) is 0 Å². The van der Waals surface area contributed by atoms with Crippen LogP contribution in [0, 0.1) is 0 Å². The normalized spacial score (nSPS) is 12.2. The van der Waals surface area contributed by atoms with E-state index in [1.165, 1.54) is 263 Å². The van der Waals surface area contributed by atoms with Crippen LogP contribution in [-0.4, -0.2) is 37.2 Å².